The van der Waals surface area contributed by atoms with Crippen LogP contribution < -0.4 is 10.6 Å². The minimum absolute atomic E-state index is 0.0535. The van der Waals surface area contributed by atoms with Crippen molar-refractivity contribution in [1.82, 2.24) is 15.5 Å². The summed E-state index contributed by atoms with van der Waals surface area (Å²) in [5, 5.41) is 15.0. The Kier molecular flexibility index (Phi) is 9.27. The minimum atomic E-state index is -0.973. The molecule has 1 aromatic rings. The molecule has 180 valence electrons. The maximum absolute atomic E-state index is 13.5. The molecule has 0 bridgehead atoms. The first-order chi connectivity index (χ1) is 15.5. The predicted octanol–water partition coefficient (Wildman–Crippen LogP) is 3.67. The molecule has 1 aliphatic rings. The zero-order chi connectivity index (χ0) is 24.6. The van der Waals surface area contributed by atoms with Gasteiger partial charge in [-0.3, -0.25) is 9.59 Å². The third-order valence-electron chi connectivity index (χ3n) is 5.80. The highest BCUT2D eigenvalue weighted by Gasteiger charge is 2.34. The zero-order valence-electron chi connectivity index (χ0n) is 20.4. The summed E-state index contributed by atoms with van der Waals surface area (Å²) in [6, 6.07) is 6.67. The van der Waals surface area contributed by atoms with E-state index in [2.05, 4.69) is 10.6 Å². The molecular weight excluding hydrogens is 420 g/mol. The first-order valence-electron chi connectivity index (χ1n) is 11.5. The van der Waals surface area contributed by atoms with Crippen LogP contribution in [0, 0.1) is 25.2 Å². The van der Waals surface area contributed by atoms with Crippen molar-refractivity contribution < 1.29 is 19.1 Å². The molecule has 1 unspecified atom stereocenters. The van der Waals surface area contributed by atoms with Crippen molar-refractivity contribution in [3.05, 3.63) is 34.9 Å². The van der Waals surface area contributed by atoms with Crippen LogP contribution >= 0.6 is 0 Å². The first-order valence-corrected chi connectivity index (χ1v) is 11.5. The van der Waals surface area contributed by atoms with Gasteiger partial charge in [-0.15, -0.1) is 0 Å². The molecule has 0 heterocycles. The average Bonchev–Trinajstić information content (AvgIpc) is 2.74. The number of carbonyl (C=O) groups excluding carboxylic acids is 3. The molecule has 0 aromatic heterocycles. The van der Waals surface area contributed by atoms with Gasteiger partial charge in [-0.1, -0.05) is 37.5 Å². The average molecular weight is 457 g/mol. The van der Waals surface area contributed by atoms with Gasteiger partial charge < -0.3 is 20.3 Å². The van der Waals surface area contributed by atoms with Crippen LogP contribution in [0.5, 0.6) is 0 Å². The number of amides is 3. The lowest BCUT2D eigenvalue weighted by Gasteiger charge is -2.33. The van der Waals surface area contributed by atoms with Gasteiger partial charge in [0.1, 0.15) is 24.7 Å². The fraction of sp³-hybridized carbons (Fsp3) is 0.600. The molecule has 8 heteroatoms. The Morgan fingerprint density at radius 3 is 2.45 bits per heavy atom. The standard InChI is InChI=1S/C25H36N4O4/c1-17-10-9-13-20(18(17)2)22(23(31)28-19-11-7-6-8-12-19)29(15-14-26)21(30)16-27-24(32)33-25(3,4)5/h9-10,13,19,22H,6-8,11-12,15-16H2,1-5H3,(H,27,32)(H,28,31). The number of carbonyl (C=O) groups is 3. The van der Waals surface area contributed by atoms with Crippen molar-refractivity contribution in [2.75, 3.05) is 13.1 Å². The summed E-state index contributed by atoms with van der Waals surface area (Å²) in [7, 11) is 0. The fourth-order valence-electron chi connectivity index (χ4n) is 4.01. The van der Waals surface area contributed by atoms with Crippen molar-refractivity contribution in [3.63, 3.8) is 0 Å². The van der Waals surface area contributed by atoms with Gasteiger partial charge in [0.2, 0.25) is 11.8 Å². The van der Waals surface area contributed by atoms with E-state index in [1.807, 2.05) is 38.1 Å². The smallest absolute Gasteiger partial charge is 0.408 e. The summed E-state index contributed by atoms with van der Waals surface area (Å²) in [4.78, 5) is 39.9. The largest absolute Gasteiger partial charge is 0.444 e. The lowest BCUT2D eigenvalue weighted by Crippen LogP contribution is -2.50. The van der Waals surface area contributed by atoms with Gasteiger partial charge >= 0.3 is 6.09 Å². The molecule has 0 saturated heterocycles. The van der Waals surface area contributed by atoms with Crippen LogP contribution in [-0.2, 0) is 14.3 Å². The van der Waals surface area contributed by atoms with E-state index in [0.717, 1.165) is 43.2 Å². The summed E-state index contributed by atoms with van der Waals surface area (Å²) in [5.41, 5.74) is 1.83. The number of hydrogen-bond donors (Lipinski definition) is 2. The maximum Gasteiger partial charge on any atom is 0.408 e. The lowest BCUT2D eigenvalue weighted by molar-refractivity contribution is -0.139. The number of benzene rings is 1. The second-order valence-corrected chi connectivity index (χ2v) is 9.57. The molecule has 1 atom stereocenters. The van der Waals surface area contributed by atoms with Crippen molar-refractivity contribution in [1.29, 1.82) is 5.26 Å². The van der Waals surface area contributed by atoms with E-state index in [9.17, 15) is 19.6 Å². The number of alkyl carbamates (subject to hydrolysis) is 1. The highest BCUT2D eigenvalue weighted by molar-refractivity contribution is 5.91. The highest BCUT2D eigenvalue weighted by atomic mass is 16.6. The summed E-state index contributed by atoms with van der Waals surface area (Å²) >= 11 is 0. The number of ether oxygens (including phenoxy) is 1. The number of hydrogen-bond acceptors (Lipinski definition) is 5. The Morgan fingerprint density at radius 2 is 1.85 bits per heavy atom. The quantitative estimate of drug-likeness (QED) is 0.608. The number of nitriles is 1. The second kappa shape index (κ2) is 11.7. The Hall–Kier alpha value is -3.08. The van der Waals surface area contributed by atoms with Crippen molar-refractivity contribution in [3.8, 4) is 6.07 Å². The molecule has 1 aliphatic carbocycles. The molecule has 8 nitrogen and oxygen atoms in total. The lowest BCUT2D eigenvalue weighted by atomic mass is 9.93. The Morgan fingerprint density at radius 1 is 1.18 bits per heavy atom. The molecule has 1 fully saturated rings. The van der Waals surface area contributed by atoms with E-state index in [-0.39, 0.29) is 25.0 Å². The van der Waals surface area contributed by atoms with Crippen molar-refractivity contribution in [2.24, 2.45) is 0 Å². The van der Waals surface area contributed by atoms with Gasteiger partial charge in [-0.05, 0) is 64.2 Å². The van der Waals surface area contributed by atoms with E-state index >= 15 is 0 Å². The third kappa shape index (κ3) is 7.77. The molecule has 0 spiro atoms. The molecule has 0 aliphatic heterocycles. The Labute approximate surface area is 196 Å². The normalized spacial score (nSPS) is 15.2. The summed E-state index contributed by atoms with van der Waals surface area (Å²) in [5.74, 6) is -0.844. The molecule has 2 N–H and O–H groups in total. The monoisotopic (exact) mass is 456 g/mol. The highest BCUT2D eigenvalue weighted by Crippen LogP contribution is 2.27. The van der Waals surface area contributed by atoms with E-state index in [4.69, 9.17) is 4.74 Å². The summed E-state index contributed by atoms with van der Waals surface area (Å²) in [6.07, 6.45) is 4.33. The Balaban J connectivity index is 2.31. The van der Waals surface area contributed by atoms with E-state index in [1.54, 1.807) is 20.8 Å². The first kappa shape index (κ1) is 26.2. The van der Waals surface area contributed by atoms with Crippen LogP contribution in [0.3, 0.4) is 0 Å². The number of nitrogens with zero attached hydrogens (tertiary/aromatic N) is 2. The van der Waals surface area contributed by atoms with Crippen LogP contribution in [0.4, 0.5) is 4.79 Å². The van der Waals surface area contributed by atoms with Gasteiger partial charge in [0.15, 0.2) is 0 Å². The zero-order valence-corrected chi connectivity index (χ0v) is 20.4. The molecule has 2 rings (SSSR count). The molecule has 1 aromatic carbocycles. The molecule has 33 heavy (non-hydrogen) atoms. The van der Waals surface area contributed by atoms with E-state index in [1.165, 1.54) is 4.90 Å². The van der Waals surface area contributed by atoms with Crippen molar-refractivity contribution >= 4 is 17.9 Å². The Bertz CT molecular complexity index is 895. The number of nitrogens with one attached hydrogen (secondary N) is 2. The van der Waals surface area contributed by atoms with E-state index in [0.29, 0.717) is 5.56 Å². The van der Waals surface area contributed by atoms with Crippen LogP contribution in [0.1, 0.15) is 75.6 Å². The van der Waals surface area contributed by atoms with Gasteiger partial charge in [0, 0.05) is 6.04 Å². The van der Waals surface area contributed by atoms with Crippen LogP contribution in [0.15, 0.2) is 18.2 Å². The van der Waals surface area contributed by atoms with Gasteiger partial charge in [-0.25, -0.2) is 4.79 Å². The van der Waals surface area contributed by atoms with Crippen LogP contribution in [0.25, 0.3) is 0 Å². The van der Waals surface area contributed by atoms with Crippen LogP contribution in [-0.4, -0.2) is 47.5 Å². The van der Waals surface area contributed by atoms with Crippen LogP contribution in [0.2, 0.25) is 0 Å². The molecule has 0 radical (unpaired) electrons. The predicted molar refractivity (Wildman–Crippen MR) is 125 cm³/mol. The topological polar surface area (TPSA) is 112 Å². The van der Waals surface area contributed by atoms with Crippen molar-refractivity contribution in [2.45, 2.75) is 84.4 Å². The second-order valence-electron chi connectivity index (χ2n) is 9.57. The molecule has 3 amide bonds. The maximum atomic E-state index is 13.5. The number of aryl methyl sites for hydroxylation is 1. The molecular formula is C25H36N4O4. The van der Waals surface area contributed by atoms with E-state index < -0.39 is 23.6 Å². The molecule has 1 saturated carbocycles. The third-order valence-corrected chi connectivity index (χ3v) is 5.80. The van der Waals surface area contributed by atoms with Gasteiger partial charge in [0.05, 0.1) is 6.07 Å². The summed E-state index contributed by atoms with van der Waals surface area (Å²) in [6.45, 7) is 8.35. The fourth-order valence-corrected chi connectivity index (χ4v) is 4.01. The van der Waals surface area contributed by atoms with Gasteiger partial charge in [0.25, 0.3) is 0 Å². The minimum Gasteiger partial charge on any atom is -0.444 e. The summed E-state index contributed by atoms with van der Waals surface area (Å²) < 4.78 is 5.19. The SMILES string of the molecule is Cc1cccc(C(C(=O)NC2CCCCC2)N(CC#N)C(=O)CNC(=O)OC(C)(C)C)c1C. The number of rotatable bonds is 7. The van der Waals surface area contributed by atoms with Gasteiger partial charge in [-0.2, -0.15) is 5.26 Å².